The molecule has 0 aliphatic carbocycles. The van der Waals surface area contributed by atoms with Crippen molar-refractivity contribution in [3.63, 3.8) is 0 Å². The fraction of sp³-hybridized carbons (Fsp3) is 0.273. The van der Waals surface area contributed by atoms with Gasteiger partial charge < -0.3 is 0 Å². The van der Waals surface area contributed by atoms with Crippen molar-refractivity contribution in [3.05, 3.63) is 42.1 Å². The molecule has 76 valence electrons. The van der Waals surface area contributed by atoms with E-state index in [1.54, 1.807) is 12.5 Å². The molecule has 0 spiro atoms. The average molecular weight is 209 g/mol. The Morgan fingerprint density at radius 2 is 1.86 bits per heavy atom. The van der Waals surface area contributed by atoms with Crippen LogP contribution in [0.3, 0.4) is 0 Å². The third-order valence-electron chi connectivity index (χ3n) is 1.69. The van der Waals surface area contributed by atoms with Crippen molar-refractivity contribution in [2.45, 2.75) is 18.7 Å². The molecule has 0 unspecified atom stereocenters. The second-order valence-electron chi connectivity index (χ2n) is 3.43. The van der Waals surface area contributed by atoms with Crippen molar-refractivity contribution in [1.82, 2.24) is 0 Å². The second-order valence-corrected chi connectivity index (χ2v) is 5.71. The summed E-state index contributed by atoms with van der Waals surface area (Å²) < 4.78 is 16.2. The predicted octanol–water partition coefficient (Wildman–Crippen LogP) is 3.07. The van der Waals surface area contributed by atoms with Gasteiger partial charge in [-0.1, -0.05) is 23.8 Å². The highest BCUT2D eigenvalue weighted by Gasteiger charge is 2.02. The van der Waals surface area contributed by atoms with E-state index in [9.17, 15) is 4.21 Å². The van der Waals surface area contributed by atoms with Crippen molar-refractivity contribution < 1.29 is 4.21 Å². The average Bonchev–Trinajstić information content (AvgIpc) is 2.16. The number of benzene rings is 1. The Balaban J connectivity index is 3.16. The van der Waals surface area contributed by atoms with Crippen LogP contribution in [0.2, 0.25) is 0 Å². The standard InChI is InChI=1S/C11H15NOS/c1-10(2)9-12-14(3,13)11-7-5-4-6-8-11/h4-9H,1-3H3/t14-/m0/s1. The van der Waals surface area contributed by atoms with Crippen LogP contribution in [0.4, 0.5) is 0 Å². The van der Waals surface area contributed by atoms with Crippen LogP contribution >= 0.6 is 0 Å². The molecule has 1 atom stereocenters. The Morgan fingerprint density at radius 1 is 1.29 bits per heavy atom. The van der Waals surface area contributed by atoms with Crippen molar-refractivity contribution >= 4 is 9.73 Å². The quantitative estimate of drug-likeness (QED) is 0.736. The summed E-state index contributed by atoms with van der Waals surface area (Å²) >= 11 is 0. The fourth-order valence-corrected chi connectivity index (χ4v) is 2.14. The highest BCUT2D eigenvalue weighted by atomic mass is 32.2. The van der Waals surface area contributed by atoms with Gasteiger partial charge in [-0.2, -0.15) is 0 Å². The Labute approximate surface area is 85.8 Å². The molecule has 0 N–H and O–H groups in total. The maximum atomic E-state index is 12.1. The third kappa shape index (κ3) is 3.00. The molecule has 0 heterocycles. The lowest BCUT2D eigenvalue weighted by Gasteiger charge is -2.01. The molecule has 0 aromatic heterocycles. The van der Waals surface area contributed by atoms with Crippen LogP contribution < -0.4 is 0 Å². The second kappa shape index (κ2) is 4.42. The molecular formula is C11H15NOS. The molecule has 0 saturated heterocycles. The Kier molecular flexibility index (Phi) is 3.47. The molecule has 0 aliphatic rings. The zero-order valence-electron chi connectivity index (χ0n) is 8.73. The number of rotatable bonds is 2. The zero-order valence-corrected chi connectivity index (χ0v) is 9.54. The first kappa shape index (κ1) is 11.0. The molecule has 3 heteroatoms. The molecule has 0 saturated carbocycles. The van der Waals surface area contributed by atoms with Gasteiger partial charge in [-0.3, -0.25) is 0 Å². The van der Waals surface area contributed by atoms with Gasteiger partial charge in [-0.15, -0.1) is 0 Å². The lowest BCUT2D eigenvalue weighted by Crippen LogP contribution is -1.95. The topological polar surface area (TPSA) is 29.4 Å². The predicted molar refractivity (Wildman–Crippen MR) is 60.6 cm³/mol. The summed E-state index contributed by atoms with van der Waals surface area (Å²) in [5.74, 6) is 0. The lowest BCUT2D eigenvalue weighted by molar-refractivity contribution is 0.680. The molecule has 1 aromatic carbocycles. The minimum absolute atomic E-state index is 0.775. The van der Waals surface area contributed by atoms with Crippen LogP contribution in [0.1, 0.15) is 13.8 Å². The first-order valence-corrected chi connectivity index (χ1v) is 6.34. The summed E-state index contributed by atoms with van der Waals surface area (Å²) in [6.45, 7) is 3.87. The number of hydrogen-bond donors (Lipinski definition) is 0. The number of nitrogens with zero attached hydrogens (tertiary/aromatic N) is 1. The maximum Gasteiger partial charge on any atom is 0.0765 e. The van der Waals surface area contributed by atoms with Crippen molar-refractivity contribution in [2.75, 3.05) is 6.26 Å². The first-order valence-electron chi connectivity index (χ1n) is 4.42. The summed E-state index contributed by atoms with van der Waals surface area (Å²) in [6.07, 6.45) is 3.32. The number of allylic oxidation sites excluding steroid dienone is 1. The molecule has 0 aliphatic heterocycles. The molecule has 14 heavy (non-hydrogen) atoms. The highest BCUT2D eigenvalue weighted by Crippen LogP contribution is 2.10. The molecule has 0 amide bonds. The highest BCUT2D eigenvalue weighted by molar-refractivity contribution is 7.93. The Bertz CT molecular complexity index is 436. The SMILES string of the molecule is CC(C)=CN=[S@@](C)(=O)c1ccccc1. The van der Waals surface area contributed by atoms with Gasteiger partial charge in [0.05, 0.1) is 9.73 Å². The molecule has 1 rings (SSSR count). The summed E-state index contributed by atoms with van der Waals surface area (Å²) in [5.41, 5.74) is 1.05. The molecule has 0 bridgehead atoms. The fourth-order valence-electron chi connectivity index (χ4n) is 0.940. The van der Waals surface area contributed by atoms with Gasteiger partial charge in [0, 0.05) is 17.4 Å². The van der Waals surface area contributed by atoms with E-state index >= 15 is 0 Å². The van der Waals surface area contributed by atoms with Crippen LogP contribution in [-0.2, 0) is 9.73 Å². The largest absolute Gasteiger partial charge is 0.245 e. The zero-order chi connectivity index (χ0) is 10.6. The number of hydrogen-bond acceptors (Lipinski definition) is 2. The van der Waals surface area contributed by atoms with Crippen LogP contribution in [0.5, 0.6) is 0 Å². The van der Waals surface area contributed by atoms with E-state index in [4.69, 9.17) is 0 Å². The van der Waals surface area contributed by atoms with Crippen molar-refractivity contribution in [1.29, 1.82) is 0 Å². The smallest absolute Gasteiger partial charge is 0.0765 e. The molecule has 1 aromatic rings. The molecule has 0 fully saturated rings. The molecule has 0 radical (unpaired) electrons. The van der Waals surface area contributed by atoms with Crippen LogP contribution in [0.25, 0.3) is 0 Å². The monoisotopic (exact) mass is 209 g/mol. The minimum atomic E-state index is -2.26. The van der Waals surface area contributed by atoms with Crippen LogP contribution in [0, 0.1) is 0 Å². The normalized spacial score (nSPS) is 14.2. The van der Waals surface area contributed by atoms with Gasteiger partial charge in [-0.25, -0.2) is 8.57 Å². The van der Waals surface area contributed by atoms with E-state index in [0.717, 1.165) is 10.5 Å². The van der Waals surface area contributed by atoms with Gasteiger partial charge in [-0.05, 0) is 26.0 Å². The van der Waals surface area contributed by atoms with Crippen LogP contribution in [-0.4, -0.2) is 10.5 Å². The van der Waals surface area contributed by atoms with E-state index in [1.165, 1.54) is 0 Å². The molecular weight excluding hydrogens is 194 g/mol. The minimum Gasteiger partial charge on any atom is -0.245 e. The summed E-state index contributed by atoms with van der Waals surface area (Å²) in [6, 6.07) is 9.32. The van der Waals surface area contributed by atoms with Gasteiger partial charge in [0.1, 0.15) is 0 Å². The van der Waals surface area contributed by atoms with Crippen LogP contribution in [0.15, 0.2) is 51.4 Å². The van der Waals surface area contributed by atoms with Gasteiger partial charge in [0.15, 0.2) is 0 Å². The van der Waals surface area contributed by atoms with E-state index in [2.05, 4.69) is 4.36 Å². The maximum absolute atomic E-state index is 12.1. The third-order valence-corrected chi connectivity index (χ3v) is 3.35. The van der Waals surface area contributed by atoms with E-state index < -0.39 is 9.73 Å². The summed E-state index contributed by atoms with van der Waals surface area (Å²) in [7, 11) is -2.26. The van der Waals surface area contributed by atoms with E-state index in [-0.39, 0.29) is 0 Å². The lowest BCUT2D eigenvalue weighted by atomic mass is 10.4. The Hall–Kier alpha value is -1.09. The molecule has 2 nitrogen and oxygen atoms in total. The van der Waals surface area contributed by atoms with E-state index in [1.807, 2.05) is 44.2 Å². The van der Waals surface area contributed by atoms with Gasteiger partial charge in [0.2, 0.25) is 0 Å². The van der Waals surface area contributed by atoms with Crippen molar-refractivity contribution in [3.8, 4) is 0 Å². The van der Waals surface area contributed by atoms with E-state index in [0.29, 0.717) is 0 Å². The van der Waals surface area contributed by atoms with Gasteiger partial charge >= 0.3 is 0 Å². The Morgan fingerprint density at radius 3 is 2.36 bits per heavy atom. The summed E-state index contributed by atoms with van der Waals surface area (Å²) in [5, 5.41) is 0. The first-order chi connectivity index (χ1) is 6.52. The summed E-state index contributed by atoms with van der Waals surface area (Å²) in [4.78, 5) is 0.775. The van der Waals surface area contributed by atoms with Crippen molar-refractivity contribution in [2.24, 2.45) is 4.36 Å². The van der Waals surface area contributed by atoms with Gasteiger partial charge in [0.25, 0.3) is 0 Å².